The number of pyridine rings is 1. The average molecular weight is 453 g/mol. The lowest BCUT2D eigenvalue weighted by Crippen LogP contribution is -2.28. The van der Waals surface area contributed by atoms with Crippen LogP contribution in [0.2, 0.25) is 0 Å². The Morgan fingerprint density at radius 1 is 0.900 bits per heavy atom. The summed E-state index contributed by atoms with van der Waals surface area (Å²) in [6.07, 6.45) is 3.36. The predicted molar refractivity (Wildman–Crippen MR) is 108 cm³/mol. The summed E-state index contributed by atoms with van der Waals surface area (Å²) < 4.78 is 71.1. The minimum Gasteiger partial charge on any atom is -0.748 e. The van der Waals surface area contributed by atoms with Crippen LogP contribution in [0.25, 0.3) is 22.6 Å². The normalized spacial score (nSPS) is 12.3. The summed E-state index contributed by atoms with van der Waals surface area (Å²) in [4.78, 5) is 10.1. The number of hydrogen-bond donors (Lipinski definition) is 0. The summed E-state index contributed by atoms with van der Waals surface area (Å²) in [6.45, 7) is 0.383. The maximum absolute atomic E-state index is 10.9. The van der Waals surface area contributed by atoms with E-state index in [2.05, 4.69) is 9.97 Å². The summed E-state index contributed by atoms with van der Waals surface area (Å²) in [5.41, 5.74) is 2.47. The largest absolute Gasteiger partial charge is 0.748 e. The Bertz CT molecular complexity index is 1170. The van der Waals surface area contributed by atoms with Gasteiger partial charge in [-0.15, -0.1) is 0 Å². The molecule has 0 N–H and O–H groups in total. The predicted octanol–water partition coefficient (Wildman–Crippen LogP) is 1.57. The minimum atomic E-state index is -4.36. The Morgan fingerprint density at radius 2 is 1.50 bits per heavy atom. The molecule has 2 heterocycles. The Balaban J connectivity index is 1.82. The first-order chi connectivity index (χ1) is 14.1. The molecule has 0 radical (unpaired) electrons. The van der Waals surface area contributed by atoms with Crippen molar-refractivity contribution >= 4 is 37.0 Å². The first kappa shape index (κ1) is 22.2. The summed E-state index contributed by atoms with van der Waals surface area (Å²) in [7, 11) is -8.73. The standard InChI is InChI=1S/C18H21N3O7S2/c22-29(23,24)11-1-9-21(10-2-12-30(25,26)27)15-3-4-16-17(13-15)28-18(20-16)14-5-7-19-8-6-14/h3-8,13H,1-2,9-12H2,(H,22,23,24)(H,25,26,27)/p-2. The number of nitrogens with zero attached hydrogens (tertiary/aromatic N) is 3. The van der Waals surface area contributed by atoms with E-state index in [-0.39, 0.29) is 25.9 Å². The van der Waals surface area contributed by atoms with Crippen molar-refractivity contribution in [1.29, 1.82) is 0 Å². The van der Waals surface area contributed by atoms with Crippen molar-refractivity contribution in [1.82, 2.24) is 9.97 Å². The van der Waals surface area contributed by atoms with Crippen molar-refractivity contribution in [3.05, 3.63) is 42.7 Å². The van der Waals surface area contributed by atoms with E-state index < -0.39 is 31.7 Å². The highest BCUT2D eigenvalue weighted by atomic mass is 32.2. The van der Waals surface area contributed by atoms with Crippen LogP contribution in [0.15, 0.2) is 47.1 Å². The number of anilines is 1. The van der Waals surface area contributed by atoms with Crippen molar-refractivity contribution in [2.75, 3.05) is 29.5 Å². The second-order valence-electron chi connectivity index (χ2n) is 6.62. The van der Waals surface area contributed by atoms with Crippen molar-refractivity contribution in [2.45, 2.75) is 12.8 Å². The first-order valence-electron chi connectivity index (χ1n) is 9.04. The van der Waals surface area contributed by atoms with E-state index in [1.165, 1.54) is 0 Å². The van der Waals surface area contributed by atoms with Gasteiger partial charge in [0.15, 0.2) is 5.58 Å². The van der Waals surface area contributed by atoms with Crippen LogP contribution in [-0.2, 0) is 20.2 Å². The third-order valence-electron chi connectivity index (χ3n) is 4.31. The molecule has 3 aromatic rings. The zero-order chi connectivity index (χ0) is 21.8. The quantitative estimate of drug-likeness (QED) is 0.413. The number of rotatable bonds is 10. The maximum atomic E-state index is 10.9. The maximum Gasteiger partial charge on any atom is 0.227 e. The van der Waals surface area contributed by atoms with Crippen molar-refractivity contribution in [3.63, 3.8) is 0 Å². The van der Waals surface area contributed by atoms with E-state index in [1.807, 2.05) is 0 Å². The fraction of sp³-hybridized carbons (Fsp3) is 0.333. The topological polar surface area (TPSA) is 157 Å². The lowest BCUT2D eigenvalue weighted by molar-refractivity contribution is 0.460. The molecule has 0 aliphatic carbocycles. The number of benzene rings is 1. The molecule has 0 aliphatic heterocycles. The molecule has 0 saturated carbocycles. The average Bonchev–Trinajstić information content (AvgIpc) is 3.09. The molecule has 0 bridgehead atoms. The van der Waals surface area contributed by atoms with E-state index >= 15 is 0 Å². The van der Waals surface area contributed by atoms with Gasteiger partial charge in [-0.1, -0.05) is 0 Å². The Kier molecular flexibility index (Phi) is 6.71. The van der Waals surface area contributed by atoms with Gasteiger partial charge in [-0.25, -0.2) is 21.8 Å². The van der Waals surface area contributed by atoms with Gasteiger partial charge in [0, 0.05) is 54.3 Å². The molecule has 0 saturated heterocycles. The second kappa shape index (κ2) is 9.08. The van der Waals surface area contributed by atoms with Gasteiger partial charge in [0.2, 0.25) is 5.89 Å². The van der Waals surface area contributed by atoms with Gasteiger partial charge in [0.05, 0.1) is 20.2 Å². The van der Waals surface area contributed by atoms with E-state index in [0.717, 1.165) is 5.56 Å². The first-order valence-corrected chi connectivity index (χ1v) is 12.2. The van der Waals surface area contributed by atoms with Crippen molar-refractivity contribution in [2.24, 2.45) is 0 Å². The van der Waals surface area contributed by atoms with E-state index in [4.69, 9.17) is 4.42 Å². The number of aromatic nitrogens is 2. The van der Waals surface area contributed by atoms with Gasteiger partial charge in [0.25, 0.3) is 0 Å². The summed E-state index contributed by atoms with van der Waals surface area (Å²) in [5, 5.41) is 0. The van der Waals surface area contributed by atoms with Crippen LogP contribution in [0.4, 0.5) is 5.69 Å². The molecular weight excluding hydrogens is 434 g/mol. The SMILES string of the molecule is O=S(=O)([O-])CCCN(CCCS(=O)(=O)[O-])c1ccc2nc(-c3ccncc3)oc2c1. The fourth-order valence-electron chi connectivity index (χ4n) is 2.96. The van der Waals surface area contributed by atoms with Crippen LogP contribution < -0.4 is 4.90 Å². The highest BCUT2D eigenvalue weighted by Crippen LogP contribution is 2.27. The number of fused-ring (bicyclic) bond motifs is 1. The van der Waals surface area contributed by atoms with Gasteiger partial charge < -0.3 is 18.4 Å². The molecule has 0 atom stereocenters. The van der Waals surface area contributed by atoms with Gasteiger partial charge in [-0.05, 0) is 37.1 Å². The molecule has 0 spiro atoms. The summed E-state index contributed by atoms with van der Waals surface area (Å²) in [5.74, 6) is -0.675. The van der Waals surface area contributed by atoms with Crippen molar-refractivity contribution < 1.29 is 30.4 Å². The fourth-order valence-corrected chi connectivity index (χ4v) is 3.93. The molecule has 0 fully saturated rings. The molecule has 2 aromatic heterocycles. The summed E-state index contributed by atoms with van der Waals surface area (Å²) in [6, 6.07) is 8.67. The lowest BCUT2D eigenvalue weighted by atomic mass is 10.2. The monoisotopic (exact) mass is 453 g/mol. The van der Waals surface area contributed by atoms with E-state index in [1.54, 1.807) is 47.6 Å². The smallest absolute Gasteiger partial charge is 0.227 e. The molecule has 1 aromatic carbocycles. The Labute approximate surface area is 174 Å². The zero-order valence-electron chi connectivity index (χ0n) is 15.8. The third-order valence-corrected chi connectivity index (χ3v) is 5.89. The van der Waals surface area contributed by atoms with Crippen LogP contribution in [0.5, 0.6) is 0 Å². The molecule has 0 aliphatic rings. The molecule has 0 unspecified atom stereocenters. The van der Waals surface area contributed by atoms with Crippen LogP contribution in [0.1, 0.15) is 12.8 Å². The van der Waals surface area contributed by atoms with Gasteiger partial charge in [-0.3, -0.25) is 4.98 Å². The van der Waals surface area contributed by atoms with Crippen LogP contribution in [0, 0.1) is 0 Å². The highest BCUT2D eigenvalue weighted by Gasteiger charge is 2.13. The molecule has 30 heavy (non-hydrogen) atoms. The van der Waals surface area contributed by atoms with Crippen LogP contribution >= 0.6 is 0 Å². The molecule has 12 heteroatoms. The zero-order valence-corrected chi connectivity index (χ0v) is 17.4. The molecule has 10 nitrogen and oxygen atoms in total. The Morgan fingerprint density at radius 3 is 2.07 bits per heavy atom. The lowest BCUT2D eigenvalue weighted by Gasteiger charge is -2.25. The highest BCUT2D eigenvalue weighted by molar-refractivity contribution is 7.85. The van der Waals surface area contributed by atoms with Crippen LogP contribution in [-0.4, -0.2) is 60.5 Å². The Hall–Kier alpha value is -2.54. The van der Waals surface area contributed by atoms with E-state index in [0.29, 0.717) is 22.7 Å². The van der Waals surface area contributed by atoms with Gasteiger partial charge in [-0.2, -0.15) is 0 Å². The van der Waals surface area contributed by atoms with Crippen molar-refractivity contribution in [3.8, 4) is 11.5 Å². The molecular formula is C18H19N3O7S2-2. The third kappa shape index (κ3) is 6.49. The number of oxazole rings is 1. The molecule has 3 rings (SSSR count). The van der Waals surface area contributed by atoms with E-state index in [9.17, 15) is 25.9 Å². The van der Waals surface area contributed by atoms with Crippen LogP contribution in [0.3, 0.4) is 0 Å². The van der Waals surface area contributed by atoms with Gasteiger partial charge in [0.1, 0.15) is 5.52 Å². The molecule has 162 valence electrons. The second-order valence-corrected chi connectivity index (χ2v) is 9.67. The number of hydrogen-bond acceptors (Lipinski definition) is 10. The summed E-state index contributed by atoms with van der Waals surface area (Å²) >= 11 is 0. The minimum absolute atomic E-state index is 0.0622. The van der Waals surface area contributed by atoms with Gasteiger partial charge >= 0.3 is 0 Å². The molecule has 0 amide bonds.